The third-order valence-corrected chi connectivity index (χ3v) is 7.07. The van der Waals surface area contributed by atoms with Crippen molar-refractivity contribution in [1.82, 2.24) is 14.6 Å². The van der Waals surface area contributed by atoms with Crippen molar-refractivity contribution >= 4 is 29.2 Å². The molecule has 8 N–H and O–H groups in total. The fraction of sp³-hybridized carbons (Fsp3) is 0.500. The molecule has 0 amide bonds. The molecule has 1 aromatic rings. The smallest absolute Gasteiger partial charge is 0.387 e. The molecule has 154 valence electrons. The summed E-state index contributed by atoms with van der Waals surface area (Å²) in [7, 11) is -16.4. The van der Waals surface area contributed by atoms with Crippen LogP contribution in [0.15, 0.2) is 17.1 Å². The van der Waals surface area contributed by atoms with E-state index >= 15 is 0 Å². The first kappa shape index (κ1) is 22.3. The van der Waals surface area contributed by atoms with Crippen LogP contribution in [0.2, 0.25) is 0 Å². The molecule has 1 aromatic heterocycles. The SMILES string of the molecule is Nc1ccn([C@@H]2OC[C@H](NP(=O)(O)OP(=O)(O)OP(=O)(O)O)[C@H]2O)c(=O)n1. The summed E-state index contributed by atoms with van der Waals surface area (Å²) < 4.78 is 47.0. The van der Waals surface area contributed by atoms with Crippen molar-refractivity contribution in [3.63, 3.8) is 0 Å². The van der Waals surface area contributed by atoms with E-state index in [1.54, 1.807) is 5.09 Å². The van der Waals surface area contributed by atoms with Crippen LogP contribution in [-0.2, 0) is 27.1 Å². The van der Waals surface area contributed by atoms with E-state index in [4.69, 9.17) is 25.2 Å². The Morgan fingerprint density at radius 3 is 2.44 bits per heavy atom. The summed E-state index contributed by atoms with van der Waals surface area (Å²) in [6, 6.07) is -0.148. The monoisotopic (exact) mass is 452 g/mol. The lowest BCUT2D eigenvalue weighted by Gasteiger charge is -2.22. The first-order chi connectivity index (χ1) is 12.2. The van der Waals surface area contributed by atoms with Crippen molar-refractivity contribution in [3.8, 4) is 0 Å². The fourth-order valence-corrected chi connectivity index (χ4v) is 5.52. The number of ether oxygens (including phenoxy) is 1. The zero-order valence-corrected chi connectivity index (χ0v) is 15.7. The van der Waals surface area contributed by atoms with Gasteiger partial charge in [0.05, 0.1) is 12.6 Å². The Morgan fingerprint density at radius 1 is 1.26 bits per heavy atom. The quantitative estimate of drug-likeness (QED) is 0.221. The molecule has 16 nitrogen and oxygen atoms in total. The Hall–Kier alpha value is -0.990. The number of nitrogens with two attached hydrogens (primary N) is 1. The molecule has 5 atom stereocenters. The molecule has 1 fully saturated rings. The van der Waals surface area contributed by atoms with Gasteiger partial charge in [-0.05, 0) is 6.07 Å². The summed E-state index contributed by atoms with van der Waals surface area (Å²) in [6.07, 6.45) is -1.81. The van der Waals surface area contributed by atoms with E-state index < -0.39 is 54.1 Å². The number of aliphatic hydroxyl groups is 1. The molecule has 2 unspecified atom stereocenters. The zero-order valence-electron chi connectivity index (χ0n) is 13.0. The largest absolute Gasteiger partial charge is 0.489 e. The van der Waals surface area contributed by atoms with Crippen molar-refractivity contribution < 1.29 is 51.7 Å². The molecule has 0 saturated carbocycles. The Kier molecular flexibility index (Phi) is 6.44. The molecule has 0 bridgehead atoms. The maximum atomic E-state index is 11.9. The highest BCUT2D eigenvalue weighted by atomic mass is 31.3. The summed E-state index contributed by atoms with van der Waals surface area (Å²) in [6.45, 7) is -0.453. The Balaban J connectivity index is 2.09. The lowest BCUT2D eigenvalue weighted by Crippen LogP contribution is -2.40. The topological polar surface area (TPSA) is 253 Å². The maximum Gasteiger partial charge on any atom is 0.489 e. The van der Waals surface area contributed by atoms with E-state index in [0.29, 0.717) is 0 Å². The van der Waals surface area contributed by atoms with Gasteiger partial charge in [0.1, 0.15) is 11.9 Å². The summed E-state index contributed by atoms with van der Waals surface area (Å²) in [5.74, 6) is -0.0876. The predicted molar refractivity (Wildman–Crippen MR) is 84.7 cm³/mol. The lowest BCUT2D eigenvalue weighted by atomic mass is 10.2. The summed E-state index contributed by atoms with van der Waals surface area (Å²) >= 11 is 0. The van der Waals surface area contributed by atoms with Crippen LogP contribution in [0, 0.1) is 0 Å². The zero-order chi connectivity index (χ0) is 20.6. The molecule has 0 aliphatic carbocycles. The van der Waals surface area contributed by atoms with Gasteiger partial charge in [0, 0.05) is 6.20 Å². The number of nitrogens with zero attached hydrogens (tertiary/aromatic N) is 2. The number of phosphoric acid groups is 2. The number of aliphatic hydroxyl groups excluding tert-OH is 1. The molecule has 0 aromatic carbocycles. The van der Waals surface area contributed by atoms with E-state index in [9.17, 15) is 28.5 Å². The minimum absolute atomic E-state index is 0.0876. The summed E-state index contributed by atoms with van der Waals surface area (Å²) in [5.41, 5.74) is 4.45. The van der Waals surface area contributed by atoms with Crippen LogP contribution in [0.1, 0.15) is 6.23 Å². The summed E-state index contributed by atoms with van der Waals surface area (Å²) in [4.78, 5) is 50.8. The van der Waals surface area contributed by atoms with Gasteiger partial charge in [0.2, 0.25) is 0 Å². The number of nitrogen functional groups attached to an aromatic ring is 1. The number of nitrogens with one attached hydrogen (secondary N) is 1. The lowest BCUT2D eigenvalue weighted by molar-refractivity contribution is -0.0129. The minimum Gasteiger partial charge on any atom is -0.387 e. The van der Waals surface area contributed by atoms with Gasteiger partial charge in [0.15, 0.2) is 6.23 Å². The average molecular weight is 452 g/mol. The van der Waals surface area contributed by atoms with Crippen LogP contribution in [0.3, 0.4) is 0 Å². The van der Waals surface area contributed by atoms with Gasteiger partial charge in [-0.3, -0.25) is 4.57 Å². The number of hydrogen-bond donors (Lipinski definition) is 7. The highest BCUT2D eigenvalue weighted by Crippen LogP contribution is 2.64. The van der Waals surface area contributed by atoms with Crippen molar-refractivity contribution in [1.29, 1.82) is 0 Å². The summed E-state index contributed by atoms with van der Waals surface area (Å²) in [5, 5.41) is 11.9. The molecule has 2 heterocycles. The third kappa shape index (κ3) is 6.26. The predicted octanol–water partition coefficient (Wildman–Crippen LogP) is -2.00. The normalized spacial score (nSPS) is 27.8. The maximum absolute atomic E-state index is 11.9. The molecule has 0 radical (unpaired) electrons. The number of aromatic nitrogens is 2. The second kappa shape index (κ2) is 7.79. The third-order valence-electron chi connectivity index (χ3n) is 3.03. The minimum atomic E-state index is -5.64. The van der Waals surface area contributed by atoms with Crippen LogP contribution >= 0.6 is 23.4 Å². The van der Waals surface area contributed by atoms with Crippen molar-refractivity contribution in [2.24, 2.45) is 0 Å². The van der Waals surface area contributed by atoms with Crippen LogP contribution in [0.25, 0.3) is 0 Å². The average Bonchev–Trinajstić information content (AvgIpc) is 2.75. The molecule has 27 heavy (non-hydrogen) atoms. The van der Waals surface area contributed by atoms with E-state index in [1.165, 1.54) is 6.07 Å². The molecule has 2 rings (SSSR count). The van der Waals surface area contributed by atoms with E-state index in [-0.39, 0.29) is 5.82 Å². The number of hydrogen-bond acceptors (Lipinski definition) is 10. The van der Waals surface area contributed by atoms with Gasteiger partial charge in [-0.15, -0.1) is 0 Å². The van der Waals surface area contributed by atoms with Crippen molar-refractivity contribution in [3.05, 3.63) is 22.7 Å². The van der Waals surface area contributed by atoms with Crippen LogP contribution in [0.4, 0.5) is 5.82 Å². The van der Waals surface area contributed by atoms with Gasteiger partial charge in [0.25, 0.3) is 0 Å². The van der Waals surface area contributed by atoms with Gasteiger partial charge in [-0.25, -0.2) is 23.6 Å². The number of anilines is 1. The standard InChI is InChI=1S/C8H15N4O12P3/c9-5-1-2-12(8(14)10-5)7-6(13)4(3-22-7)11-25(15,16)23-27(20,21)24-26(17,18)19/h1-2,4,6-7,13H,3H2,(H,20,21)(H2,9,10,14)(H2,11,15,16)(H2,17,18,19)/t4-,6+,7+/m0/s1. The molecule has 1 saturated heterocycles. The molecule has 1 aliphatic heterocycles. The number of rotatable bonds is 7. The van der Waals surface area contributed by atoms with E-state index in [0.717, 1.165) is 10.8 Å². The highest BCUT2D eigenvalue weighted by Gasteiger charge is 2.45. The first-order valence-electron chi connectivity index (χ1n) is 6.75. The van der Waals surface area contributed by atoms with Gasteiger partial charge in [-0.2, -0.15) is 13.6 Å². The van der Waals surface area contributed by atoms with Crippen molar-refractivity contribution in [2.45, 2.75) is 18.4 Å². The molecule has 0 spiro atoms. The fourth-order valence-electron chi connectivity index (χ4n) is 2.10. The van der Waals surface area contributed by atoms with Crippen LogP contribution < -0.4 is 16.5 Å². The molecular formula is C8H15N4O12P3. The molecule has 19 heteroatoms. The molecular weight excluding hydrogens is 437 g/mol. The highest BCUT2D eigenvalue weighted by molar-refractivity contribution is 7.67. The Labute approximate surface area is 150 Å². The van der Waals surface area contributed by atoms with E-state index in [1.807, 2.05) is 0 Å². The second-order valence-corrected chi connectivity index (χ2v) is 9.66. The van der Waals surface area contributed by atoms with Gasteiger partial charge >= 0.3 is 29.1 Å². The van der Waals surface area contributed by atoms with Gasteiger partial charge in [-0.1, -0.05) is 0 Å². The Bertz CT molecular complexity index is 899. The van der Waals surface area contributed by atoms with Gasteiger partial charge < -0.3 is 35.2 Å². The van der Waals surface area contributed by atoms with Crippen LogP contribution in [0.5, 0.6) is 0 Å². The van der Waals surface area contributed by atoms with Crippen LogP contribution in [-0.4, -0.2) is 53.0 Å². The Morgan fingerprint density at radius 2 is 1.89 bits per heavy atom. The van der Waals surface area contributed by atoms with E-state index in [2.05, 4.69) is 13.6 Å². The van der Waals surface area contributed by atoms with Crippen molar-refractivity contribution in [2.75, 3.05) is 12.3 Å². The molecule has 1 aliphatic rings. The second-order valence-electron chi connectivity index (χ2n) is 5.14. The first-order valence-corrected chi connectivity index (χ1v) is 11.4.